The minimum absolute atomic E-state index is 0.0453. The first-order valence-electron chi connectivity index (χ1n) is 7.19. The number of hydrogen-bond donors (Lipinski definition) is 1. The Balaban J connectivity index is 2.02. The average Bonchev–Trinajstić information content (AvgIpc) is 3.19. The molecule has 2 rings (SSSR count). The highest BCUT2D eigenvalue weighted by molar-refractivity contribution is 5.48. The number of nitrogens with one attached hydrogen (secondary N) is 1. The number of benzene rings is 1. The number of nitro groups is 1. The monoisotopic (exact) mass is 278 g/mol. The second-order valence-corrected chi connectivity index (χ2v) is 5.75. The summed E-state index contributed by atoms with van der Waals surface area (Å²) in [5.41, 5.74) is 1.07. The van der Waals surface area contributed by atoms with E-state index < -0.39 is 0 Å². The molecule has 0 heterocycles. The molecule has 1 aromatic rings. The van der Waals surface area contributed by atoms with Crippen molar-refractivity contribution in [3.63, 3.8) is 0 Å². The molecule has 1 aliphatic carbocycles. The molecule has 1 aromatic carbocycles. The van der Waals surface area contributed by atoms with Crippen molar-refractivity contribution in [3.05, 3.63) is 33.9 Å². The van der Waals surface area contributed by atoms with E-state index in [1.54, 1.807) is 12.1 Å². The van der Waals surface area contributed by atoms with E-state index in [0.717, 1.165) is 18.5 Å². The Morgan fingerprint density at radius 2 is 2.20 bits per heavy atom. The van der Waals surface area contributed by atoms with Crippen LogP contribution in [0.3, 0.4) is 0 Å². The van der Waals surface area contributed by atoms with Crippen LogP contribution in [-0.2, 0) is 6.54 Å². The van der Waals surface area contributed by atoms with Gasteiger partial charge in [-0.3, -0.25) is 10.1 Å². The molecule has 0 spiro atoms. The fourth-order valence-corrected chi connectivity index (χ4v) is 1.89. The van der Waals surface area contributed by atoms with Gasteiger partial charge in [0.25, 0.3) is 0 Å². The maximum absolute atomic E-state index is 11.0. The number of nitrogens with zero attached hydrogens (tertiary/aromatic N) is 1. The normalized spacial score (nSPS) is 14.6. The molecule has 1 saturated carbocycles. The van der Waals surface area contributed by atoms with Gasteiger partial charge in [0.2, 0.25) is 0 Å². The van der Waals surface area contributed by atoms with Crippen molar-refractivity contribution < 1.29 is 9.66 Å². The number of rotatable bonds is 8. The van der Waals surface area contributed by atoms with Crippen LogP contribution in [0.4, 0.5) is 5.69 Å². The summed E-state index contributed by atoms with van der Waals surface area (Å²) in [5.74, 6) is 0.902. The lowest BCUT2D eigenvalue weighted by Gasteiger charge is -2.10. The van der Waals surface area contributed by atoms with Crippen LogP contribution in [0, 0.1) is 16.0 Å². The maximum atomic E-state index is 11.0. The summed E-state index contributed by atoms with van der Waals surface area (Å²) in [4.78, 5) is 10.6. The second kappa shape index (κ2) is 6.70. The first kappa shape index (κ1) is 14.8. The zero-order valence-corrected chi connectivity index (χ0v) is 12.1. The van der Waals surface area contributed by atoms with Crippen LogP contribution in [0.5, 0.6) is 5.75 Å². The highest BCUT2D eigenvalue weighted by Gasteiger charge is 2.21. The Kier molecular flexibility index (Phi) is 4.95. The van der Waals surface area contributed by atoms with Gasteiger partial charge in [-0.05, 0) is 36.8 Å². The lowest BCUT2D eigenvalue weighted by atomic mass is 10.1. The Morgan fingerprint density at radius 3 is 2.80 bits per heavy atom. The second-order valence-electron chi connectivity index (χ2n) is 5.75. The van der Waals surface area contributed by atoms with E-state index in [9.17, 15) is 10.1 Å². The molecule has 5 nitrogen and oxygen atoms in total. The minimum atomic E-state index is -0.386. The molecule has 110 valence electrons. The van der Waals surface area contributed by atoms with Crippen LogP contribution in [0.25, 0.3) is 0 Å². The molecule has 0 atom stereocenters. The SMILES string of the molecule is CC(C)CCOc1cc(CNC2CC2)ccc1[N+](=O)[O-]. The molecule has 0 bridgehead atoms. The van der Waals surface area contributed by atoms with Crippen LogP contribution in [0.1, 0.15) is 38.7 Å². The van der Waals surface area contributed by atoms with E-state index in [0.29, 0.717) is 24.3 Å². The molecule has 1 aliphatic rings. The van der Waals surface area contributed by atoms with Crippen LogP contribution < -0.4 is 10.1 Å². The van der Waals surface area contributed by atoms with Gasteiger partial charge in [0, 0.05) is 18.7 Å². The first-order chi connectivity index (χ1) is 9.56. The Bertz CT molecular complexity index is 470. The largest absolute Gasteiger partial charge is 0.487 e. The maximum Gasteiger partial charge on any atom is 0.310 e. The van der Waals surface area contributed by atoms with Crippen molar-refractivity contribution in [2.75, 3.05) is 6.61 Å². The Morgan fingerprint density at radius 1 is 1.45 bits per heavy atom. The zero-order valence-electron chi connectivity index (χ0n) is 12.1. The summed E-state index contributed by atoms with van der Waals surface area (Å²) < 4.78 is 5.60. The molecular formula is C15H22N2O3. The number of ether oxygens (including phenoxy) is 1. The van der Waals surface area contributed by atoms with E-state index in [1.165, 1.54) is 18.9 Å². The number of hydrogen-bond acceptors (Lipinski definition) is 4. The smallest absolute Gasteiger partial charge is 0.310 e. The highest BCUT2D eigenvalue weighted by atomic mass is 16.6. The molecule has 0 saturated heterocycles. The molecule has 20 heavy (non-hydrogen) atoms. The molecule has 0 aromatic heterocycles. The van der Waals surface area contributed by atoms with Crippen LogP contribution in [-0.4, -0.2) is 17.6 Å². The topological polar surface area (TPSA) is 64.4 Å². The van der Waals surface area contributed by atoms with Gasteiger partial charge in [-0.15, -0.1) is 0 Å². The third-order valence-electron chi connectivity index (χ3n) is 3.35. The van der Waals surface area contributed by atoms with Crippen molar-refractivity contribution in [2.24, 2.45) is 5.92 Å². The highest BCUT2D eigenvalue weighted by Crippen LogP contribution is 2.29. The van der Waals surface area contributed by atoms with E-state index in [2.05, 4.69) is 19.2 Å². The van der Waals surface area contributed by atoms with Gasteiger partial charge < -0.3 is 10.1 Å². The molecule has 1 fully saturated rings. The third-order valence-corrected chi connectivity index (χ3v) is 3.35. The van der Waals surface area contributed by atoms with E-state index in [-0.39, 0.29) is 10.6 Å². The van der Waals surface area contributed by atoms with Gasteiger partial charge in [-0.2, -0.15) is 0 Å². The Hall–Kier alpha value is -1.62. The van der Waals surface area contributed by atoms with Gasteiger partial charge in [0.05, 0.1) is 11.5 Å². The molecule has 1 N–H and O–H groups in total. The van der Waals surface area contributed by atoms with Gasteiger partial charge in [-0.1, -0.05) is 19.9 Å². The quantitative estimate of drug-likeness (QED) is 0.585. The summed E-state index contributed by atoms with van der Waals surface area (Å²) in [6.07, 6.45) is 3.34. The van der Waals surface area contributed by atoms with Crippen LogP contribution in [0.15, 0.2) is 18.2 Å². The zero-order chi connectivity index (χ0) is 14.5. The summed E-state index contributed by atoms with van der Waals surface area (Å²) in [6.45, 7) is 5.46. The predicted octanol–water partition coefficient (Wildman–Crippen LogP) is 3.27. The van der Waals surface area contributed by atoms with Crippen molar-refractivity contribution in [3.8, 4) is 5.75 Å². The van der Waals surface area contributed by atoms with E-state index >= 15 is 0 Å². The predicted molar refractivity (Wildman–Crippen MR) is 77.9 cm³/mol. The molecule has 0 unspecified atom stereocenters. The fourth-order valence-electron chi connectivity index (χ4n) is 1.89. The van der Waals surface area contributed by atoms with Crippen molar-refractivity contribution in [1.29, 1.82) is 0 Å². The minimum Gasteiger partial charge on any atom is -0.487 e. The van der Waals surface area contributed by atoms with Gasteiger partial charge in [0.1, 0.15) is 0 Å². The molecule has 0 radical (unpaired) electrons. The lowest BCUT2D eigenvalue weighted by molar-refractivity contribution is -0.385. The lowest BCUT2D eigenvalue weighted by Crippen LogP contribution is -2.15. The molecular weight excluding hydrogens is 256 g/mol. The number of nitro benzene ring substituents is 1. The van der Waals surface area contributed by atoms with E-state index in [4.69, 9.17) is 4.74 Å². The summed E-state index contributed by atoms with van der Waals surface area (Å²) >= 11 is 0. The van der Waals surface area contributed by atoms with Gasteiger partial charge >= 0.3 is 5.69 Å². The summed E-state index contributed by atoms with van der Waals surface area (Å²) in [6, 6.07) is 5.74. The van der Waals surface area contributed by atoms with Crippen LogP contribution >= 0.6 is 0 Å². The first-order valence-corrected chi connectivity index (χ1v) is 7.19. The average molecular weight is 278 g/mol. The van der Waals surface area contributed by atoms with Crippen molar-refractivity contribution >= 4 is 5.69 Å². The molecule has 5 heteroatoms. The van der Waals surface area contributed by atoms with Crippen LogP contribution in [0.2, 0.25) is 0 Å². The van der Waals surface area contributed by atoms with E-state index in [1.807, 2.05) is 0 Å². The van der Waals surface area contributed by atoms with Crippen molar-refractivity contribution in [2.45, 2.75) is 45.7 Å². The Labute approximate surface area is 119 Å². The summed E-state index contributed by atoms with van der Waals surface area (Å²) in [5, 5.41) is 14.4. The van der Waals surface area contributed by atoms with Gasteiger partial charge in [-0.25, -0.2) is 0 Å². The molecule has 0 amide bonds. The fraction of sp³-hybridized carbons (Fsp3) is 0.600. The summed E-state index contributed by atoms with van der Waals surface area (Å²) in [7, 11) is 0. The third kappa shape index (κ3) is 4.49. The standard InChI is InChI=1S/C15H22N2O3/c1-11(2)7-8-20-15-9-12(10-16-13-4-5-13)3-6-14(15)17(18)19/h3,6,9,11,13,16H,4-5,7-8,10H2,1-2H3. The van der Waals surface area contributed by atoms with Crippen molar-refractivity contribution in [1.82, 2.24) is 5.32 Å². The molecule has 0 aliphatic heterocycles. The van der Waals surface area contributed by atoms with Gasteiger partial charge in [0.15, 0.2) is 5.75 Å².